The Morgan fingerprint density at radius 2 is 1.94 bits per heavy atom. The van der Waals surface area contributed by atoms with Crippen molar-refractivity contribution in [2.45, 2.75) is 30.7 Å². The summed E-state index contributed by atoms with van der Waals surface area (Å²) >= 11 is 3.91. The molecule has 0 bridgehead atoms. The Kier molecular flexibility index (Phi) is 5.93. The summed E-state index contributed by atoms with van der Waals surface area (Å²) in [6.45, 7) is 3.44. The third kappa shape index (κ3) is 4.22. The average molecular weight is 281 g/mol. The SMILES string of the molecule is CSc1ccc(C(C)NCC2CCSCC2)cc1. The van der Waals surface area contributed by atoms with Gasteiger partial charge in [0.15, 0.2) is 0 Å². The van der Waals surface area contributed by atoms with Crippen LogP contribution in [-0.2, 0) is 0 Å². The summed E-state index contributed by atoms with van der Waals surface area (Å²) in [5.41, 5.74) is 1.40. The van der Waals surface area contributed by atoms with E-state index >= 15 is 0 Å². The summed E-state index contributed by atoms with van der Waals surface area (Å²) in [7, 11) is 0. The Bertz CT molecular complexity index is 344. The summed E-state index contributed by atoms with van der Waals surface area (Å²) in [5, 5.41) is 3.69. The molecule has 0 aromatic heterocycles. The minimum atomic E-state index is 0.468. The van der Waals surface area contributed by atoms with Gasteiger partial charge >= 0.3 is 0 Å². The second kappa shape index (κ2) is 7.46. The molecule has 0 radical (unpaired) electrons. The molecule has 1 saturated heterocycles. The third-order valence-corrected chi connectivity index (χ3v) is 5.46. The Balaban J connectivity index is 1.80. The molecular formula is C15H23NS2. The Hall–Kier alpha value is -0.120. The molecule has 1 aliphatic heterocycles. The van der Waals surface area contributed by atoms with Crippen molar-refractivity contribution in [2.75, 3.05) is 24.3 Å². The third-order valence-electron chi connectivity index (χ3n) is 3.67. The van der Waals surface area contributed by atoms with Gasteiger partial charge in [-0.25, -0.2) is 0 Å². The van der Waals surface area contributed by atoms with Gasteiger partial charge in [-0.1, -0.05) is 12.1 Å². The number of benzene rings is 1. The van der Waals surface area contributed by atoms with E-state index in [4.69, 9.17) is 0 Å². The van der Waals surface area contributed by atoms with E-state index in [1.807, 2.05) is 0 Å². The first-order valence-electron chi connectivity index (χ1n) is 6.74. The van der Waals surface area contributed by atoms with Crippen LogP contribution >= 0.6 is 23.5 Å². The van der Waals surface area contributed by atoms with E-state index in [1.54, 1.807) is 11.8 Å². The van der Waals surface area contributed by atoms with E-state index in [9.17, 15) is 0 Å². The average Bonchev–Trinajstić information content (AvgIpc) is 2.46. The lowest BCUT2D eigenvalue weighted by Gasteiger charge is -2.24. The molecule has 3 heteroatoms. The number of rotatable bonds is 5. The summed E-state index contributed by atoms with van der Waals surface area (Å²) < 4.78 is 0. The molecule has 1 aromatic rings. The van der Waals surface area contributed by atoms with Gasteiger partial charge in [-0.2, -0.15) is 11.8 Å². The Morgan fingerprint density at radius 3 is 2.56 bits per heavy atom. The van der Waals surface area contributed by atoms with Crippen LogP contribution in [0.3, 0.4) is 0 Å². The standard InChI is InChI=1S/C15H23NS2/c1-12(14-3-5-15(17-2)6-4-14)16-11-13-7-9-18-10-8-13/h3-6,12-13,16H,7-11H2,1-2H3. The first-order valence-corrected chi connectivity index (χ1v) is 9.12. The molecular weight excluding hydrogens is 258 g/mol. The predicted molar refractivity (Wildman–Crippen MR) is 84.7 cm³/mol. The lowest BCUT2D eigenvalue weighted by molar-refractivity contribution is 0.421. The van der Waals surface area contributed by atoms with Crippen molar-refractivity contribution in [1.29, 1.82) is 0 Å². The number of hydrogen-bond acceptors (Lipinski definition) is 3. The zero-order chi connectivity index (χ0) is 12.8. The highest BCUT2D eigenvalue weighted by molar-refractivity contribution is 7.99. The van der Waals surface area contributed by atoms with Crippen molar-refractivity contribution in [3.05, 3.63) is 29.8 Å². The molecule has 1 heterocycles. The molecule has 0 amide bonds. The normalized spacial score (nSPS) is 18.8. The number of hydrogen-bond donors (Lipinski definition) is 1. The summed E-state index contributed by atoms with van der Waals surface area (Å²) in [6.07, 6.45) is 4.89. The lowest BCUT2D eigenvalue weighted by atomic mass is 10.0. The smallest absolute Gasteiger partial charge is 0.0291 e. The fraction of sp³-hybridized carbons (Fsp3) is 0.600. The molecule has 0 aliphatic carbocycles. The highest BCUT2D eigenvalue weighted by Crippen LogP contribution is 2.23. The van der Waals surface area contributed by atoms with Crippen molar-refractivity contribution >= 4 is 23.5 Å². The maximum atomic E-state index is 3.69. The van der Waals surface area contributed by atoms with Crippen molar-refractivity contribution in [3.63, 3.8) is 0 Å². The molecule has 1 fully saturated rings. The van der Waals surface area contributed by atoms with E-state index in [-0.39, 0.29) is 0 Å². The van der Waals surface area contributed by atoms with Crippen LogP contribution in [0, 0.1) is 5.92 Å². The highest BCUT2D eigenvalue weighted by Gasteiger charge is 2.14. The van der Waals surface area contributed by atoms with Crippen LogP contribution in [-0.4, -0.2) is 24.3 Å². The fourth-order valence-corrected chi connectivity index (χ4v) is 3.92. The van der Waals surface area contributed by atoms with Crippen molar-refractivity contribution < 1.29 is 0 Å². The zero-order valence-corrected chi connectivity index (χ0v) is 12.9. The second-order valence-corrected chi connectivity index (χ2v) is 7.06. The van der Waals surface area contributed by atoms with Crippen molar-refractivity contribution in [1.82, 2.24) is 5.32 Å². The van der Waals surface area contributed by atoms with Crippen LogP contribution in [0.2, 0.25) is 0 Å². The maximum absolute atomic E-state index is 3.69. The van der Waals surface area contributed by atoms with Crippen LogP contribution in [0.5, 0.6) is 0 Å². The van der Waals surface area contributed by atoms with Gasteiger partial charge in [-0.3, -0.25) is 0 Å². The van der Waals surface area contributed by atoms with Gasteiger partial charge in [0, 0.05) is 10.9 Å². The molecule has 1 aromatic carbocycles. The zero-order valence-electron chi connectivity index (χ0n) is 11.3. The molecule has 2 rings (SSSR count). The second-order valence-electron chi connectivity index (χ2n) is 4.96. The van der Waals surface area contributed by atoms with E-state index in [0.717, 1.165) is 5.92 Å². The minimum absolute atomic E-state index is 0.468. The quantitative estimate of drug-likeness (QED) is 0.812. The van der Waals surface area contributed by atoms with Gasteiger partial charge in [0.25, 0.3) is 0 Å². The molecule has 1 unspecified atom stereocenters. The summed E-state index contributed by atoms with van der Waals surface area (Å²) in [5.74, 6) is 3.59. The van der Waals surface area contributed by atoms with Crippen LogP contribution in [0.1, 0.15) is 31.4 Å². The predicted octanol–water partition coefficient (Wildman–Crippen LogP) is 4.20. The fourth-order valence-electron chi connectivity index (χ4n) is 2.30. The monoisotopic (exact) mass is 281 g/mol. The first-order chi connectivity index (χ1) is 8.79. The van der Waals surface area contributed by atoms with E-state index < -0.39 is 0 Å². The van der Waals surface area contributed by atoms with E-state index in [2.05, 4.69) is 54.5 Å². The highest BCUT2D eigenvalue weighted by atomic mass is 32.2. The van der Waals surface area contributed by atoms with Gasteiger partial charge in [0.2, 0.25) is 0 Å². The lowest BCUT2D eigenvalue weighted by Crippen LogP contribution is -2.27. The maximum Gasteiger partial charge on any atom is 0.0291 e. The van der Waals surface area contributed by atoms with Gasteiger partial charge in [-0.05, 0) is 67.7 Å². The molecule has 1 aliphatic rings. The Morgan fingerprint density at radius 1 is 1.28 bits per heavy atom. The van der Waals surface area contributed by atoms with E-state index in [1.165, 1.54) is 41.4 Å². The largest absolute Gasteiger partial charge is 0.310 e. The number of nitrogens with one attached hydrogen (secondary N) is 1. The molecule has 1 nitrogen and oxygen atoms in total. The first kappa shape index (κ1) is 14.3. The topological polar surface area (TPSA) is 12.0 Å². The minimum Gasteiger partial charge on any atom is -0.310 e. The molecule has 0 spiro atoms. The molecule has 0 saturated carbocycles. The molecule has 100 valence electrons. The molecule has 1 atom stereocenters. The summed E-state index contributed by atoms with van der Waals surface area (Å²) in [6, 6.07) is 9.40. The van der Waals surface area contributed by atoms with Crippen LogP contribution in [0.25, 0.3) is 0 Å². The molecule has 1 N–H and O–H groups in total. The van der Waals surface area contributed by atoms with Gasteiger partial charge in [-0.15, -0.1) is 11.8 Å². The van der Waals surface area contributed by atoms with Gasteiger partial charge < -0.3 is 5.32 Å². The summed E-state index contributed by atoms with van der Waals surface area (Å²) in [4.78, 5) is 1.34. The van der Waals surface area contributed by atoms with Crippen molar-refractivity contribution in [3.8, 4) is 0 Å². The van der Waals surface area contributed by atoms with Crippen LogP contribution in [0.4, 0.5) is 0 Å². The van der Waals surface area contributed by atoms with Crippen molar-refractivity contribution in [2.24, 2.45) is 5.92 Å². The van der Waals surface area contributed by atoms with Crippen LogP contribution < -0.4 is 5.32 Å². The Labute approximate surface area is 120 Å². The van der Waals surface area contributed by atoms with E-state index in [0.29, 0.717) is 6.04 Å². The van der Waals surface area contributed by atoms with Gasteiger partial charge in [0.05, 0.1) is 0 Å². The van der Waals surface area contributed by atoms with Gasteiger partial charge in [0.1, 0.15) is 0 Å². The van der Waals surface area contributed by atoms with Crippen LogP contribution in [0.15, 0.2) is 29.2 Å². The number of thioether (sulfide) groups is 2. The molecule has 18 heavy (non-hydrogen) atoms.